The lowest BCUT2D eigenvalue weighted by atomic mass is 10.1. The number of fused-ring (bicyclic) bond motifs is 1. The van der Waals surface area contributed by atoms with Crippen molar-refractivity contribution in [3.63, 3.8) is 0 Å². The predicted molar refractivity (Wildman–Crippen MR) is 155 cm³/mol. The maximum atomic E-state index is 13.5. The smallest absolute Gasteiger partial charge is 0.253 e. The number of benzene rings is 4. The summed E-state index contributed by atoms with van der Waals surface area (Å²) in [7, 11) is 1.76. The molecule has 0 spiro atoms. The number of hydrogen-bond donors (Lipinski definition) is 0. The van der Waals surface area contributed by atoms with Crippen LogP contribution < -0.4 is 4.90 Å². The molecule has 7 heteroatoms. The number of amides is 2. The molecule has 0 aliphatic carbocycles. The summed E-state index contributed by atoms with van der Waals surface area (Å²) in [4.78, 5) is 50.5. The summed E-state index contributed by atoms with van der Waals surface area (Å²) in [6.45, 7) is 0.742. The van der Waals surface area contributed by atoms with Gasteiger partial charge in [-0.1, -0.05) is 66.7 Å². The maximum absolute atomic E-state index is 13.5. The minimum atomic E-state index is -0.455. The third-order valence-electron chi connectivity index (χ3n) is 6.62. The molecule has 0 unspecified atom stereocenters. The van der Waals surface area contributed by atoms with Crippen molar-refractivity contribution < 1.29 is 14.4 Å². The Morgan fingerprint density at radius 1 is 0.675 bits per heavy atom. The van der Waals surface area contributed by atoms with Gasteiger partial charge in [0.1, 0.15) is 0 Å². The van der Waals surface area contributed by atoms with Crippen molar-refractivity contribution in [1.29, 1.82) is 0 Å². The second-order valence-electron chi connectivity index (χ2n) is 9.53. The summed E-state index contributed by atoms with van der Waals surface area (Å²) < 4.78 is 0. The lowest BCUT2D eigenvalue weighted by Gasteiger charge is -2.24. The third kappa shape index (κ3) is 6.27. The van der Waals surface area contributed by atoms with E-state index in [4.69, 9.17) is 0 Å². The van der Waals surface area contributed by atoms with Gasteiger partial charge in [-0.25, -0.2) is 9.97 Å². The van der Waals surface area contributed by atoms with Gasteiger partial charge >= 0.3 is 0 Å². The number of rotatable bonds is 9. The van der Waals surface area contributed by atoms with E-state index in [-0.39, 0.29) is 30.6 Å². The summed E-state index contributed by atoms with van der Waals surface area (Å²) in [5.41, 5.74) is 3.05. The molecule has 0 atom stereocenters. The van der Waals surface area contributed by atoms with E-state index >= 15 is 0 Å². The number of Topliss-reactive ketones (excluding diaryl/α,β-unsaturated/α-hetero) is 1. The lowest BCUT2D eigenvalue weighted by Crippen LogP contribution is -2.32. The van der Waals surface area contributed by atoms with Crippen molar-refractivity contribution in [3.05, 3.63) is 138 Å². The van der Waals surface area contributed by atoms with Gasteiger partial charge in [0.05, 0.1) is 13.0 Å². The molecule has 0 saturated heterocycles. The van der Waals surface area contributed by atoms with Gasteiger partial charge in [0.15, 0.2) is 5.82 Å². The molecule has 0 N–H and O–H groups in total. The zero-order valence-electron chi connectivity index (χ0n) is 22.1. The van der Waals surface area contributed by atoms with E-state index in [1.807, 2.05) is 72.8 Å². The Kier molecular flexibility index (Phi) is 8.02. The molecule has 4 aromatic carbocycles. The molecular weight excluding hydrogens is 500 g/mol. The molecule has 2 amide bonds. The maximum Gasteiger partial charge on any atom is 0.253 e. The highest BCUT2D eigenvalue weighted by molar-refractivity contribution is 6.10. The fourth-order valence-electron chi connectivity index (χ4n) is 4.53. The molecule has 0 saturated carbocycles. The summed E-state index contributed by atoms with van der Waals surface area (Å²) in [6, 6.07) is 32.3. The number of anilines is 1. The van der Waals surface area contributed by atoms with E-state index in [0.29, 0.717) is 17.8 Å². The molecule has 0 bridgehead atoms. The van der Waals surface area contributed by atoms with Gasteiger partial charge in [-0.05, 0) is 58.3 Å². The normalized spacial score (nSPS) is 10.7. The molecule has 0 fully saturated rings. The van der Waals surface area contributed by atoms with Crippen LogP contribution in [0.25, 0.3) is 10.8 Å². The van der Waals surface area contributed by atoms with Crippen molar-refractivity contribution in [3.8, 4) is 0 Å². The second-order valence-corrected chi connectivity index (χ2v) is 9.53. The van der Waals surface area contributed by atoms with Crippen molar-refractivity contribution >= 4 is 34.1 Å². The highest BCUT2D eigenvalue weighted by Gasteiger charge is 2.22. The number of hydrogen-bond acceptors (Lipinski definition) is 5. The van der Waals surface area contributed by atoms with Crippen LogP contribution in [0.4, 0.5) is 5.69 Å². The van der Waals surface area contributed by atoms with Crippen LogP contribution in [0.1, 0.15) is 38.5 Å². The fourth-order valence-corrected chi connectivity index (χ4v) is 4.53. The Morgan fingerprint density at radius 2 is 1.35 bits per heavy atom. The summed E-state index contributed by atoms with van der Waals surface area (Å²) in [6.07, 6.45) is 2.57. The van der Waals surface area contributed by atoms with Crippen LogP contribution in [0.15, 0.2) is 116 Å². The average molecular weight is 529 g/mol. The molecule has 7 nitrogen and oxygen atoms in total. The van der Waals surface area contributed by atoms with E-state index in [9.17, 15) is 14.4 Å². The molecule has 198 valence electrons. The molecule has 5 rings (SSSR count). The van der Waals surface area contributed by atoms with Gasteiger partial charge < -0.3 is 9.80 Å². The van der Waals surface area contributed by atoms with Crippen LogP contribution >= 0.6 is 0 Å². The summed E-state index contributed by atoms with van der Waals surface area (Å²) in [5, 5.41) is 2.16. The molecule has 0 radical (unpaired) electrons. The molecule has 40 heavy (non-hydrogen) atoms. The number of carbonyl (C=O) groups excluding carboxylic acids is 3. The van der Waals surface area contributed by atoms with E-state index < -0.39 is 5.78 Å². The van der Waals surface area contributed by atoms with Crippen LogP contribution in [0.2, 0.25) is 0 Å². The van der Waals surface area contributed by atoms with Crippen molar-refractivity contribution in [1.82, 2.24) is 14.9 Å². The van der Waals surface area contributed by atoms with E-state index in [0.717, 1.165) is 21.9 Å². The van der Waals surface area contributed by atoms with Crippen molar-refractivity contribution in [2.24, 2.45) is 0 Å². The fraction of sp³-hybridized carbons (Fsp3) is 0.121. The zero-order valence-corrected chi connectivity index (χ0v) is 22.1. The standard InChI is InChI=1S/C33H28N4O3/c1-36(22-24-8-3-2-4-9-24)33(40)27-14-16-29(17-15-27)37(31(39)21-30(38)32-34-18-7-19-35-32)23-25-12-13-26-10-5-6-11-28(26)20-25/h2-20H,21-23H2,1H3. The van der Waals surface area contributed by atoms with E-state index in [1.54, 1.807) is 47.2 Å². The first-order valence-corrected chi connectivity index (χ1v) is 13.0. The van der Waals surface area contributed by atoms with Gasteiger partial charge in [-0.3, -0.25) is 14.4 Å². The van der Waals surface area contributed by atoms with Crippen LogP contribution in [0.3, 0.4) is 0 Å². The van der Waals surface area contributed by atoms with Crippen LogP contribution in [-0.4, -0.2) is 39.5 Å². The number of aromatic nitrogens is 2. The number of carbonyl (C=O) groups is 3. The van der Waals surface area contributed by atoms with E-state index in [2.05, 4.69) is 9.97 Å². The molecule has 1 heterocycles. The molecule has 0 aliphatic heterocycles. The first kappa shape index (κ1) is 26.4. The monoisotopic (exact) mass is 528 g/mol. The van der Waals surface area contributed by atoms with Crippen LogP contribution in [0.5, 0.6) is 0 Å². The Morgan fingerprint density at radius 3 is 2.08 bits per heavy atom. The zero-order chi connectivity index (χ0) is 27.9. The van der Waals surface area contributed by atoms with Gasteiger partial charge in [0.2, 0.25) is 11.7 Å². The Hall–Kier alpha value is -5.17. The summed E-state index contributed by atoms with van der Waals surface area (Å²) in [5.74, 6) is -0.961. The Bertz CT molecular complexity index is 1640. The number of ketones is 1. The van der Waals surface area contributed by atoms with Crippen LogP contribution in [0, 0.1) is 0 Å². The first-order valence-electron chi connectivity index (χ1n) is 13.0. The van der Waals surface area contributed by atoms with Crippen LogP contribution in [-0.2, 0) is 17.9 Å². The minimum Gasteiger partial charge on any atom is -0.337 e. The Balaban J connectivity index is 1.38. The van der Waals surface area contributed by atoms with Gasteiger partial charge in [-0.15, -0.1) is 0 Å². The average Bonchev–Trinajstić information content (AvgIpc) is 3.00. The second kappa shape index (κ2) is 12.1. The van der Waals surface area contributed by atoms with Gasteiger partial charge in [-0.2, -0.15) is 0 Å². The minimum absolute atomic E-state index is 0.00361. The number of nitrogens with zero attached hydrogens (tertiary/aromatic N) is 4. The quantitative estimate of drug-likeness (QED) is 0.181. The molecule has 0 aliphatic rings. The van der Waals surface area contributed by atoms with Gasteiger partial charge in [0.25, 0.3) is 5.91 Å². The highest BCUT2D eigenvalue weighted by atomic mass is 16.2. The van der Waals surface area contributed by atoms with Crippen molar-refractivity contribution in [2.45, 2.75) is 19.5 Å². The molecule has 5 aromatic rings. The van der Waals surface area contributed by atoms with Gasteiger partial charge in [0, 0.05) is 37.2 Å². The predicted octanol–water partition coefficient (Wildman–Crippen LogP) is 5.71. The Labute approximate surface area is 232 Å². The topological polar surface area (TPSA) is 83.5 Å². The summed E-state index contributed by atoms with van der Waals surface area (Å²) >= 11 is 0. The molecule has 1 aromatic heterocycles. The highest BCUT2D eigenvalue weighted by Crippen LogP contribution is 2.23. The third-order valence-corrected chi connectivity index (χ3v) is 6.62. The van der Waals surface area contributed by atoms with Crippen molar-refractivity contribution in [2.75, 3.05) is 11.9 Å². The van der Waals surface area contributed by atoms with E-state index in [1.165, 1.54) is 12.4 Å². The first-order chi connectivity index (χ1) is 19.5. The largest absolute Gasteiger partial charge is 0.337 e. The SMILES string of the molecule is CN(Cc1ccccc1)C(=O)c1ccc(N(Cc2ccc3ccccc3c2)C(=O)CC(=O)c2ncccn2)cc1. The lowest BCUT2D eigenvalue weighted by molar-refractivity contribution is -0.117. The molecular formula is C33H28N4O3.